The summed E-state index contributed by atoms with van der Waals surface area (Å²) in [5.41, 5.74) is 1.91. The minimum Gasteiger partial charge on any atom is -0.480 e. The minimum atomic E-state index is -0.607. The van der Waals surface area contributed by atoms with Gasteiger partial charge in [-0.3, -0.25) is 9.59 Å². The van der Waals surface area contributed by atoms with Crippen molar-refractivity contribution in [3.8, 4) is 5.75 Å². The van der Waals surface area contributed by atoms with Gasteiger partial charge in [0.25, 0.3) is 5.91 Å². The fraction of sp³-hybridized carbons (Fsp3) is 0.300. The van der Waals surface area contributed by atoms with Crippen molar-refractivity contribution in [3.05, 3.63) is 64.7 Å². The smallest absolute Gasteiger partial charge is 0.307 e. The third kappa shape index (κ3) is 4.35. The molecule has 2 aromatic carbocycles. The average Bonchev–Trinajstić information content (AvgIpc) is 3.08. The van der Waals surface area contributed by atoms with Crippen LogP contribution in [0.1, 0.15) is 17.5 Å². The lowest BCUT2D eigenvalue weighted by Gasteiger charge is -2.25. The Morgan fingerprint density at radius 3 is 2.73 bits per heavy atom. The van der Waals surface area contributed by atoms with E-state index in [1.807, 2.05) is 36.4 Å². The summed E-state index contributed by atoms with van der Waals surface area (Å²) >= 11 is 6.02. The van der Waals surface area contributed by atoms with E-state index in [2.05, 4.69) is 0 Å². The molecular formula is C20H20ClNO4. The summed E-state index contributed by atoms with van der Waals surface area (Å²) in [5, 5.41) is 0.618. The molecule has 1 heterocycles. The standard InChI is InChI=1S/C20H20ClNO4/c1-25-19(23)9-10-22(13-14-5-3-2-4-6-14)20(24)18-12-15-11-16(21)7-8-17(15)26-18/h2-8,11,18H,9-10,12-13H2,1H3. The van der Waals surface area contributed by atoms with Crippen molar-refractivity contribution in [2.75, 3.05) is 13.7 Å². The van der Waals surface area contributed by atoms with Crippen LogP contribution in [0, 0.1) is 0 Å². The van der Waals surface area contributed by atoms with Crippen molar-refractivity contribution in [2.24, 2.45) is 0 Å². The van der Waals surface area contributed by atoms with Crippen molar-refractivity contribution in [1.29, 1.82) is 0 Å². The maximum absolute atomic E-state index is 13.0. The summed E-state index contributed by atoms with van der Waals surface area (Å²) in [5.74, 6) is 0.184. The van der Waals surface area contributed by atoms with E-state index in [4.69, 9.17) is 21.1 Å². The van der Waals surface area contributed by atoms with E-state index in [9.17, 15) is 9.59 Å². The lowest BCUT2D eigenvalue weighted by Crippen LogP contribution is -2.42. The fourth-order valence-corrected chi connectivity index (χ4v) is 3.15. The van der Waals surface area contributed by atoms with Gasteiger partial charge in [0.05, 0.1) is 13.5 Å². The topological polar surface area (TPSA) is 55.8 Å². The van der Waals surface area contributed by atoms with Gasteiger partial charge >= 0.3 is 5.97 Å². The van der Waals surface area contributed by atoms with Gasteiger partial charge < -0.3 is 14.4 Å². The van der Waals surface area contributed by atoms with Crippen LogP contribution in [0.2, 0.25) is 5.02 Å². The molecule has 5 nitrogen and oxygen atoms in total. The van der Waals surface area contributed by atoms with Crippen LogP contribution < -0.4 is 4.74 Å². The largest absolute Gasteiger partial charge is 0.480 e. The van der Waals surface area contributed by atoms with Gasteiger partial charge in [0, 0.05) is 24.5 Å². The number of fused-ring (bicyclic) bond motifs is 1. The van der Waals surface area contributed by atoms with Gasteiger partial charge in [-0.25, -0.2) is 0 Å². The van der Waals surface area contributed by atoms with Gasteiger partial charge in [0.1, 0.15) is 5.75 Å². The van der Waals surface area contributed by atoms with Gasteiger partial charge in [0.2, 0.25) is 0 Å². The van der Waals surface area contributed by atoms with E-state index < -0.39 is 6.10 Å². The van der Waals surface area contributed by atoms with Crippen LogP contribution in [0.15, 0.2) is 48.5 Å². The Kier molecular flexibility index (Phi) is 5.78. The molecule has 136 valence electrons. The summed E-state index contributed by atoms with van der Waals surface area (Å²) in [6.45, 7) is 0.686. The number of benzene rings is 2. The predicted molar refractivity (Wildman–Crippen MR) is 98.1 cm³/mol. The van der Waals surface area contributed by atoms with E-state index in [-0.39, 0.29) is 24.8 Å². The molecule has 0 fully saturated rings. The molecule has 0 saturated heterocycles. The van der Waals surface area contributed by atoms with Gasteiger partial charge in [-0.05, 0) is 29.3 Å². The van der Waals surface area contributed by atoms with Crippen LogP contribution in [0.5, 0.6) is 5.75 Å². The number of rotatable bonds is 6. The van der Waals surface area contributed by atoms with E-state index >= 15 is 0 Å². The maximum Gasteiger partial charge on any atom is 0.307 e. The third-order valence-corrected chi connectivity index (χ3v) is 4.55. The van der Waals surface area contributed by atoms with Crippen LogP contribution >= 0.6 is 11.6 Å². The highest BCUT2D eigenvalue weighted by Crippen LogP contribution is 2.32. The first kappa shape index (κ1) is 18.3. The number of hydrogen-bond acceptors (Lipinski definition) is 4. The van der Waals surface area contributed by atoms with Gasteiger partial charge in [-0.15, -0.1) is 0 Å². The SMILES string of the molecule is COC(=O)CCN(Cc1ccccc1)C(=O)C1Cc2cc(Cl)ccc2O1. The highest BCUT2D eigenvalue weighted by molar-refractivity contribution is 6.30. The van der Waals surface area contributed by atoms with Crippen molar-refractivity contribution in [2.45, 2.75) is 25.5 Å². The molecule has 0 N–H and O–H groups in total. The van der Waals surface area contributed by atoms with E-state index in [1.54, 1.807) is 17.0 Å². The summed E-state index contributed by atoms with van der Waals surface area (Å²) in [4.78, 5) is 26.2. The molecule has 3 rings (SSSR count). The Balaban J connectivity index is 1.73. The quantitative estimate of drug-likeness (QED) is 0.729. The second kappa shape index (κ2) is 8.23. The first-order chi connectivity index (χ1) is 12.6. The van der Waals surface area contributed by atoms with Crippen molar-refractivity contribution >= 4 is 23.5 Å². The van der Waals surface area contributed by atoms with Crippen LogP contribution in [0.4, 0.5) is 0 Å². The zero-order valence-electron chi connectivity index (χ0n) is 14.5. The van der Waals surface area contributed by atoms with Crippen LogP contribution in [-0.4, -0.2) is 36.5 Å². The summed E-state index contributed by atoms with van der Waals surface area (Å²) in [6, 6.07) is 15.0. The van der Waals surface area contributed by atoms with Gasteiger partial charge in [-0.1, -0.05) is 41.9 Å². The zero-order chi connectivity index (χ0) is 18.5. The van der Waals surface area contributed by atoms with Crippen molar-refractivity contribution in [1.82, 2.24) is 4.90 Å². The monoisotopic (exact) mass is 373 g/mol. The lowest BCUT2D eigenvalue weighted by molar-refractivity contribution is -0.143. The predicted octanol–water partition coefficient (Wildman–Crippen LogP) is 3.24. The summed E-state index contributed by atoms with van der Waals surface area (Å²) < 4.78 is 10.5. The molecule has 0 aromatic heterocycles. The second-order valence-electron chi connectivity index (χ2n) is 6.13. The van der Waals surface area contributed by atoms with Gasteiger partial charge in [0.15, 0.2) is 6.10 Å². The number of esters is 1. The molecule has 0 spiro atoms. The maximum atomic E-state index is 13.0. The number of carbonyl (C=O) groups is 2. The number of methoxy groups -OCH3 is 1. The normalized spacial score (nSPS) is 15.1. The third-order valence-electron chi connectivity index (χ3n) is 4.31. The zero-order valence-corrected chi connectivity index (χ0v) is 15.2. The Bertz CT molecular complexity index is 794. The number of nitrogens with zero attached hydrogens (tertiary/aromatic N) is 1. The number of hydrogen-bond donors (Lipinski definition) is 0. The van der Waals surface area contributed by atoms with Gasteiger partial charge in [-0.2, -0.15) is 0 Å². The molecule has 6 heteroatoms. The molecule has 1 aliphatic rings. The van der Waals surface area contributed by atoms with Crippen LogP contribution in [-0.2, 0) is 27.3 Å². The first-order valence-corrected chi connectivity index (χ1v) is 8.79. The molecule has 2 aromatic rings. The Morgan fingerprint density at radius 2 is 2.00 bits per heavy atom. The van der Waals surface area contributed by atoms with Crippen LogP contribution in [0.3, 0.4) is 0 Å². The molecule has 1 unspecified atom stereocenters. The first-order valence-electron chi connectivity index (χ1n) is 8.41. The van der Waals surface area contributed by atoms with Crippen molar-refractivity contribution in [3.63, 3.8) is 0 Å². The molecule has 1 atom stereocenters. The van der Waals surface area contributed by atoms with E-state index in [0.717, 1.165) is 11.1 Å². The highest BCUT2D eigenvalue weighted by Gasteiger charge is 2.32. The Hall–Kier alpha value is -2.53. The number of carbonyl (C=O) groups excluding carboxylic acids is 2. The summed E-state index contributed by atoms with van der Waals surface area (Å²) in [7, 11) is 1.34. The van der Waals surface area contributed by atoms with Crippen molar-refractivity contribution < 1.29 is 19.1 Å². The molecule has 26 heavy (non-hydrogen) atoms. The molecule has 0 aliphatic carbocycles. The van der Waals surface area contributed by atoms with E-state index in [0.29, 0.717) is 23.7 Å². The number of amides is 1. The molecule has 0 saturated carbocycles. The molecule has 1 aliphatic heterocycles. The Labute approximate surface area is 157 Å². The Morgan fingerprint density at radius 1 is 1.23 bits per heavy atom. The average molecular weight is 374 g/mol. The lowest BCUT2D eigenvalue weighted by atomic mass is 10.1. The second-order valence-corrected chi connectivity index (χ2v) is 6.57. The van der Waals surface area contributed by atoms with E-state index in [1.165, 1.54) is 7.11 Å². The molecule has 1 amide bonds. The van der Waals surface area contributed by atoms with Crippen LogP contribution in [0.25, 0.3) is 0 Å². The molecular weight excluding hydrogens is 354 g/mol. The number of ether oxygens (including phenoxy) is 2. The molecule has 0 bridgehead atoms. The summed E-state index contributed by atoms with van der Waals surface area (Å²) in [6.07, 6.45) is 0.00329. The number of halogens is 1. The highest BCUT2D eigenvalue weighted by atomic mass is 35.5. The molecule has 0 radical (unpaired) electrons. The fourth-order valence-electron chi connectivity index (χ4n) is 2.96. The minimum absolute atomic E-state index is 0.139.